The molecule has 0 fully saturated rings. The largest absolute Gasteiger partial charge is 0.481 e. The van der Waals surface area contributed by atoms with Crippen molar-refractivity contribution >= 4 is 17.8 Å². The van der Waals surface area contributed by atoms with E-state index in [1.165, 1.54) is 0 Å². The first-order chi connectivity index (χ1) is 13.4. The standard InChI is InChI=1S/C22H25NO5/c1-15(22(27)28)13-19(21(26)23-12-11-20(24)25)14-16-7-9-18(10-8-16)17-5-3-2-4-6-17/h2-10,15,19H,11-14H2,1H3,(H,23,26)(H,24,25)(H,27,28)/t15-,19+/m1/s1. The molecule has 0 aliphatic heterocycles. The van der Waals surface area contributed by atoms with E-state index >= 15 is 0 Å². The summed E-state index contributed by atoms with van der Waals surface area (Å²) in [5.41, 5.74) is 3.08. The van der Waals surface area contributed by atoms with Crippen LogP contribution in [0, 0.1) is 11.8 Å². The second kappa shape index (κ2) is 10.3. The van der Waals surface area contributed by atoms with Crippen LogP contribution in [0.4, 0.5) is 0 Å². The highest BCUT2D eigenvalue weighted by atomic mass is 16.4. The molecule has 0 heterocycles. The van der Waals surface area contributed by atoms with Gasteiger partial charge in [0, 0.05) is 12.5 Å². The molecule has 0 spiro atoms. The molecule has 2 aromatic carbocycles. The molecular weight excluding hydrogens is 358 g/mol. The molecule has 6 heteroatoms. The second-order valence-corrected chi connectivity index (χ2v) is 6.87. The first kappa shape index (κ1) is 21.2. The molecular formula is C22H25NO5. The Bertz CT molecular complexity index is 801. The Morgan fingerprint density at radius 2 is 1.54 bits per heavy atom. The topological polar surface area (TPSA) is 104 Å². The van der Waals surface area contributed by atoms with Crippen molar-refractivity contribution in [2.24, 2.45) is 11.8 Å². The Hall–Kier alpha value is -3.15. The minimum absolute atomic E-state index is 0.0268. The molecule has 28 heavy (non-hydrogen) atoms. The summed E-state index contributed by atoms with van der Waals surface area (Å²) < 4.78 is 0. The monoisotopic (exact) mass is 383 g/mol. The predicted molar refractivity (Wildman–Crippen MR) is 106 cm³/mol. The van der Waals surface area contributed by atoms with Crippen LogP contribution in [0.1, 0.15) is 25.3 Å². The number of hydrogen-bond acceptors (Lipinski definition) is 3. The van der Waals surface area contributed by atoms with Crippen LogP contribution in [0.15, 0.2) is 54.6 Å². The molecule has 0 unspecified atom stereocenters. The molecule has 0 aliphatic carbocycles. The lowest BCUT2D eigenvalue weighted by molar-refractivity contribution is -0.142. The van der Waals surface area contributed by atoms with E-state index < -0.39 is 23.8 Å². The maximum Gasteiger partial charge on any atom is 0.306 e. The van der Waals surface area contributed by atoms with Crippen molar-refractivity contribution in [3.63, 3.8) is 0 Å². The van der Waals surface area contributed by atoms with Gasteiger partial charge in [-0.1, -0.05) is 61.5 Å². The Morgan fingerprint density at radius 1 is 0.929 bits per heavy atom. The van der Waals surface area contributed by atoms with E-state index in [2.05, 4.69) is 5.32 Å². The molecule has 6 nitrogen and oxygen atoms in total. The van der Waals surface area contributed by atoms with Gasteiger partial charge in [-0.15, -0.1) is 0 Å². The normalized spacial score (nSPS) is 12.8. The number of carbonyl (C=O) groups is 3. The maximum absolute atomic E-state index is 12.5. The first-order valence-corrected chi connectivity index (χ1v) is 9.23. The zero-order valence-corrected chi connectivity index (χ0v) is 15.8. The van der Waals surface area contributed by atoms with Gasteiger partial charge in [0.25, 0.3) is 0 Å². The molecule has 3 N–H and O–H groups in total. The van der Waals surface area contributed by atoms with Crippen molar-refractivity contribution < 1.29 is 24.6 Å². The second-order valence-electron chi connectivity index (χ2n) is 6.87. The summed E-state index contributed by atoms with van der Waals surface area (Å²) in [6.07, 6.45) is 0.416. The zero-order valence-electron chi connectivity index (χ0n) is 15.8. The lowest BCUT2D eigenvalue weighted by Crippen LogP contribution is -2.35. The number of nitrogens with one attached hydrogen (secondary N) is 1. The molecule has 2 atom stereocenters. The minimum atomic E-state index is -0.993. The number of amides is 1. The Balaban J connectivity index is 2.08. The van der Waals surface area contributed by atoms with Crippen molar-refractivity contribution in [2.75, 3.05) is 6.54 Å². The summed E-state index contributed by atoms with van der Waals surface area (Å²) in [5.74, 6) is -3.47. The van der Waals surface area contributed by atoms with Crippen LogP contribution in [-0.2, 0) is 20.8 Å². The van der Waals surface area contributed by atoms with Gasteiger partial charge in [-0.2, -0.15) is 0 Å². The van der Waals surface area contributed by atoms with Gasteiger partial charge in [-0.25, -0.2) is 0 Å². The van der Waals surface area contributed by atoms with E-state index in [1.807, 2.05) is 54.6 Å². The van der Waals surface area contributed by atoms with Crippen molar-refractivity contribution in [3.8, 4) is 11.1 Å². The van der Waals surface area contributed by atoms with E-state index in [-0.39, 0.29) is 25.3 Å². The fourth-order valence-corrected chi connectivity index (χ4v) is 3.00. The first-order valence-electron chi connectivity index (χ1n) is 9.23. The van der Waals surface area contributed by atoms with Crippen molar-refractivity contribution in [2.45, 2.75) is 26.2 Å². The number of aliphatic carboxylic acids is 2. The lowest BCUT2D eigenvalue weighted by Gasteiger charge is -2.19. The number of hydrogen-bond donors (Lipinski definition) is 3. The molecule has 0 bridgehead atoms. The number of carbonyl (C=O) groups excluding carboxylic acids is 1. The third-order valence-electron chi connectivity index (χ3n) is 4.61. The average Bonchev–Trinajstić information content (AvgIpc) is 2.68. The molecule has 0 aliphatic rings. The van der Waals surface area contributed by atoms with Gasteiger partial charge in [0.2, 0.25) is 5.91 Å². The van der Waals surface area contributed by atoms with E-state index in [9.17, 15) is 19.5 Å². The third-order valence-corrected chi connectivity index (χ3v) is 4.61. The maximum atomic E-state index is 12.5. The number of rotatable bonds is 10. The van der Waals surface area contributed by atoms with Gasteiger partial charge >= 0.3 is 11.9 Å². The fraction of sp³-hybridized carbons (Fsp3) is 0.318. The summed E-state index contributed by atoms with van der Waals surface area (Å²) >= 11 is 0. The van der Waals surface area contributed by atoms with Crippen LogP contribution in [0.3, 0.4) is 0 Å². The van der Waals surface area contributed by atoms with E-state index in [0.29, 0.717) is 6.42 Å². The van der Waals surface area contributed by atoms with Crippen LogP contribution in [0.5, 0.6) is 0 Å². The molecule has 2 aromatic rings. The summed E-state index contributed by atoms with van der Waals surface area (Å²) in [4.78, 5) is 34.3. The van der Waals surface area contributed by atoms with Crippen LogP contribution >= 0.6 is 0 Å². The molecule has 0 aromatic heterocycles. The van der Waals surface area contributed by atoms with Gasteiger partial charge < -0.3 is 15.5 Å². The Morgan fingerprint density at radius 3 is 2.11 bits per heavy atom. The van der Waals surface area contributed by atoms with Crippen LogP contribution < -0.4 is 5.32 Å². The molecule has 148 valence electrons. The quantitative estimate of drug-likeness (QED) is 0.584. The summed E-state index contributed by atoms with van der Waals surface area (Å²) in [5, 5.41) is 20.5. The predicted octanol–water partition coefficient (Wildman–Crippen LogP) is 3.21. The highest BCUT2D eigenvalue weighted by molar-refractivity contribution is 5.80. The van der Waals surface area contributed by atoms with E-state index in [1.54, 1.807) is 6.92 Å². The minimum Gasteiger partial charge on any atom is -0.481 e. The van der Waals surface area contributed by atoms with E-state index in [4.69, 9.17) is 5.11 Å². The highest BCUT2D eigenvalue weighted by Gasteiger charge is 2.24. The number of carboxylic acid groups (broad SMARTS) is 2. The molecule has 0 saturated heterocycles. The highest BCUT2D eigenvalue weighted by Crippen LogP contribution is 2.22. The average molecular weight is 383 g/mol. The van der Waals surface area contributed by atoms with Crippen LogP contribution in [0.2, 0.25) is 0 Å². The van der Waals surface area contributed by atoms with Crippen LogP contribution in [0.25, 0.3) is 11.1 Å². The van der Waals surface area contributed by atoms with Gasteiger partial charge in [-0.3, -0.25) is 14.4 Å². The zero-order chi connectivity index (χ0) is 20.5. The Kier molecular flexibility index (Phi) is 7.75. The number of benzene rings is 2. The molecule has 2 rings (SSSR count). The Labute approximate surface area is 164 Å². The molecule has 0 radical (unpaired) electrons. The van der Waals surface area contributed by atoms with Crippen LogP contribution in [-0.4, -0.2) is 34.6 Å². The van der Waals surface area contributed by atoms with E-state index in [0.717, 1.165) is 16.7 Å². The summed E-state index contributed by atoms with van der Waals surface area (Å²) in [6, 6.07) is 17.7. The van der Waals surface area contributed by atoms with Gasteiger partial charge in [0.15, 0.2) is 0 Å². The van der Waals surface area contributed by atoms with Crippen molar-refractivity contribution in [1.82, 2.24) is 5.32 Å². The fourth-order valence-electron chi connectivity index (χ4n) is 3.00. The smallest absolute Gasteiger partial charge is 0.306 e. The third kappa shape index (κ3) is 6.54. The van der Waals surface area contributed by atoms with Crippen molar-refractivity contribution in [3.05, 3.63) is 60.2 Å². The molecule has 1 amide bonds. The SMILES string of the molecule is C[C@H](C[C@@H](Cc1ccc(-c2ccccc2)cc1)C(=O)NCCC(=O)O)C(=O)O. The summed E-state index contributed by atoms with van der Waals surface area (Å²) in [7, 11) is 0. The number of carboxylic acids is 2. The summed E-state index contributed by atoms with van der Waals surface area (Å²) in [6.45, 7) is 1.59. The van der Waals surface area contributed by atoms with Crippen molar-refractivity contribution in [1.29, 1.82) is 0 Å². The van der Waals surface area contributed by atoms with Gasteiger partial charge in [-0.05, 0) is 29.5 Å². The molecule has 0 saturated carbocycles. The lowest BCUT2D eigenvalue weighted by atomic mass is 9.89. The van der Waals surface area contributed by atoms with Gasteiger partial charge in [0.05, 0.1) is 12.3 Å². The van der Waals surface area contributed by atoms with Gasteiger partial charge in [0.1, 0.15) is 0 Å².